The number of aliphatic hydroxyl groups excluding tert-OH is 3. The Bertz CT molecular complexity index is 1280. The molecule has 0 unspecified atom stereocenters. The number of ether oxygens (including phenoxy) is 3. The first kappa shape index (κ1) is 30.9. The predicted octanol–water partition coefficient (Wildman–Crippen LogP) is 1.96. The van der Waals surface area contributed by atoms with Gasteiger partial charge in [-0.05, 0) is 87.7 Å². The number of rotatable bonds is 5. The molecule has 0 spiro atoms. The SMILES string of the molecule is CC(=O)O[C@]12CC[C@@H]3[C@H](CC[C@]4(C)[C@@H](c5ccc(=O)oc5)CC[C@]34O)[C@@]1(C=O)CC[C@H](O[C@@H]1O[C@@H](C)[C@H](O)[C@@H](O)[C@H]1O)C2. The van der Waals surface area contributed by atoms with Gasteiger partial charge in [-0.2, -0.15) is 0 Å². The van der Waals surface area contributed by atoms with Crippen LogP contribution in [0.3, 0.4) is 0 Å². The van der Waals surface area contributed by atoms with Crippen LogP contribution in [-0.4, -0.2) is 80.7 Å². The summed E-state index contributed by atoms with van der Waals surface area (Å²) in [6.45, 7) is 5.03. The predicted molar refractivity (Wildman–Crippen MR) is 150 cm³/mol. The number of hydrogen-bond donors (Lipinski definition) is 4. The van der Waals surface area contributed by atoms with Crippen LogP contribution in [0, 0.1) is 22.7 Å². The van der Waals surface area contributed by atoms with Crippen LogP contribution in [0.5, 0.6) is 0 Å². The second-order valence-corrected chi connectivity index (χ2v) is 14.0. The van der Waals surface area contributed by atoms with Crippen LogP contribution in [0.2, 0.25) is 0 Å². The van der Waals surface area contributed by atoms with Gasteiger partial charge in [0.05, 0.1) is 29.5 Å². The van der Waals surface area contributed by atoms with Gasteiger partial charge in [0.25, 0.3) is 0 Å². The molecule has 2 heterocycles. The molecule has 1 aromatic rings. The summed E-state index contributed by atoms with van der Waals surface area (Å²) in [5, 5.41) is 43.5. The molecule has 0 aromatic carbocycles. The number of aldehydes is 1. The van der Waals surface area contributed by atoms with Gasteiger partial charge in [-0.25, -0.2) is 4.79 Å². The third-order valence-corrected chi connectivity index (χ3v) is 12.3. The van der Waals surface area contributed by atoms with Crippen LogP contribution in [0.15, 0.2) is 27.6 Å². The van der Waals surface area contributed by atoms with E-state index in [1.165, 1.54) is 19.3 Å². The minimum absolute atomic E-state index is 0.00236. The summed E-state index contributed by atoms with van der Waals surface area (Å²) in [5.74, 6) is -0.924. The maximum Gasteiger partial charge on any atom is 0.335 e. The van der Waals surface area contributed by atoms with Crippen molar-refractivity contribution in [1.29, 1.82) is 0 Å². The molecule has 43 heavy (non-hydrogen) atoms. The van der Waals surface area contributed by atoms with Gasteiger partial charge >= 0.3 is 11.6 Å². The van der Waals surface area contributed by atoms with Crippen molar-refractivity contribution in [2.75, 3.05) is 0 Å². The molecule has 4 aliphatic carbocycles. The zero-order valence-electron chi connectivity index (χ0n) is 25.0. The van der Waals surface area contributed by atoms with Gasteiger partial charge in [-0.3, -0.25) is 4.79 Å². The summed E-state index contributed by atoms with van der Waals surface area (Å²) in [7, 11) is 0. The highest BCUT2D eigenvalue weighted by Gasteiger charge is 2.72. The Kier molecular flexibility index (Phi) is 7.70. The number of carbonyl (C=O) groups is 2. The molecule has 4 saturated carbocycles. The van der Waals surface area contributed by atoms with Crippen molar-refractivity contribution >= 4 is 12.3 Å². The molecule has 0 radical (unpaired) electrons. The van der Waals surface area contributed by atoms with Crippen LogP contribution >= 0.6 is 0 Å². The lowest BCUT2D eigenvalue weighted by atomic mass is 9.41. The molecule has 5 fully saturated rings. The number of hydrogen-bond acceptors (Lipinski definition) is 11. The Hall–Kier alpha value is -2.15. The van der Waals surface area contributed by atoms with E-state index in [4.69, 9.17) is 18.6 Å². The molecule has 1 saturated heterocycles. The molecular weight excluding hydrogens is 560 g/mol. The highest BCUT2D eigenvalue weighted by molar-refractivity contribution is 5.70. The average molecular weight is 605 g/mol. The lowest BCUT2D eigenvalue weighted by molar-refractivity contribution is -0.317. The molecule has 11 heteroatoms. The van der Waals surface area contributed by atoms with Crippen molar-refractivity contribution in [2.24, 2.45) is 22.7 Å². The van der Waals surface area contributed by atoms with E-state index in [0.717, 1.165) is 18.3 Å². The topological polar surface area (TPSA) is 173 Å². The van der Waals surface area contributed by atoms with Crippen LogP contribution in [-0.2, 0) is 23.8 Å². The molecule has 6 rings (SSSR count). The van der Waals surface area contributed by atoms with Gasteiger partial charge in [0.1, 0.15) is 30.2 Å². The Morgan fingerprint density at radius 1 is 1.00 bits per heavy atom. The monoisotopic (exact) mass is 604 g/mol. The molecule has 4 N–H and O–H groups in total. The molecule has 13 atom stereocenters. The largest absolute Gasteiger partial charge is 0.458 e. The molecule has 5 aliphatic rings. The average Bonchev–Trinajstić information content (AvgIpc) is 3.25. The van der Waals surface area contributed by atoms with E-state index in [9.17, 15) is 34.8 Å². The minimum Gasteiger partial charge on any atom is -0.458 e. The van der Waals surface area contributed by atoms with E-state index >= 15 is 0 Å². The summed E-state index contributed by atoms with van der Waals surface area (Å²) in [6.07, 6.45) is 0.290. The normalized spacial score (nSPS) is 49.3. The summed E-state index contributed by atoms with van der Waals surface area (Å²) in [4.78, 5) is 37.5. The summed E-state index contributed by atoms with van der Waals surface area (Å²) in [5.41, 5.74) is -3.28. The number of fused-ring (bicyclic) bond motifs is 5. The van der Waals surface area contributed by atoms with E-state index in [2.05, 4.69) is 6.92 Å². The first-order valence-electron chi connectivity index (χ1n) is 15.6. The first-order valence-corrected chi connectivity index (χ1v) is 15.6. The van der Waals surface area contributed by atoms with Gasteiger partial charge in [0.15, 0.2) is 6.29 Å². The van der Waals surface area contributed by atoms with Gasteiger partial charge in [0, 0.05) is 24.8 Å². The molecule has 0 bridgehead atoms. The molecule has 1 aliphatic heterocycles. The number of carbonyl (C=O) groups excluding carboxylic acids is 2. The fraction of sp³-hybridized carbons (Fsp3) is 0.781. The van der Waals surface area contributed by atoms with Crippen LogP contribution in [0.25, 0.3) is 0 Å². The Morgan fingerprint density at radius 3 is 2.42 bits per heavy atom. The summed E-state index contributed by atoms with van der Waals surface area (Å²) < 4.78 is 23.2. The minimum atomic E-state index is -1.47. The third-order valence-electron chi connectivity index (χ3n) is 12.3. The van der Waals surface area contributed by atoms with E-state index in [-0.39, 0.29) is 24.2 Å². The van der Waals surface area contributed by atoms with E-state index in [1.807, 2.05) is 0 Å². The zero-order valence-corrected chi connectivity index (χ0v) is 25.0. The fourth-order valence-electron chi connectivity index (χ4n) is 10.1. The van der Waals surface area contributed by atoms with Crippen molar-refractivity contribution in [3.05, 3.63) is 34.4 Å². The number of aliphatic hydroxyl groups is 4. The van der Waals surface area contributed by atoms with E-state index in [0.29, 0.717) is 44.9 Å². The summed E-state index contributed by atoms with van der Waals surface area (Å²) in [6, 6.07) is 3.20. The Labute approximate surface area is 250 Å². The van der Waals surface area contributed by atoms with Gasteiger partial charge in [-0.1, -0.05) is 6.92 Å². The molecule has 1 aromatic heterocycles. The van der Waals surface area contributed by atoms with E-state index in [1.54, 1.807) is 13.0 Å². The second kappa shape index (κ2) is 10.7. The number of esters is 1. The molecule has 0 amide bonds. The van der Waals surface area contributed by atoms with Gasteiger partial charge in [0.2, 0.25) is 0 Å². The quantitative estimate of drug-likeness (QED) is 0.220. The highest BCUT2D eigenvalue weighted by atomic mass is 16.7. The molecule has 11 nitrogen and oxygen atoms in total. The fourth-order valence-corrected chi connectivity index (χ4v) is 10.1. The van der Waals surface area contributed by atoms with Crippen LogP contribution < -0.4 is 5.63 Å². The second-order valence-electron chi connectivity index (χ2n) is 14.0. The first-order chi connectivity index (χ1) is 20.3. The van der Waals surface area contributed by atoms with Crippen molar-refractivity contribution in [3.8, 4) is 0 Å². The van der Waals surface area contributed by atoms with E-state index < -0.39 is 70.4 Å². The third kappa shape index (κ3) is 4.48. The maximum atomic E-state index is 13.3. The highest BCUT2D eigenvalue weighted by Crippen LogP contribution is 2.71. The molecular formula is C32H44O11. The summed E-state index contributed by atoms with van der Waals surface area (Å²) >= 11 is 0. The maximum absolute atomic E-state index is 13.3. The molecule has 238 valence electrons. The van der Waals surface area contributed by atoms with Gasteiger partial charge in [-0.15, -0.1) is 0 Å². The lowest BCUT2D eigenvalue weighted by Crippen LogP contribution is -2.70. The smallest absolute Gasteiger partial charge is 0.335 e. The van der Waals surface area contributed by atoms with Crippen molar-refractivity contribution < 1.29 is 48.6 Å². The van der Waals surface area contributed by atoms with Crippen molar-refractivity contribution in [2.45, 2.75) is 132 Å². The van der Waals surface area contributed by atoms with Crippen LogP contribution in [0.1, 0.15) is 90.0 Å². The zero-order chi connectivity index (χ0) is 30.9. The van der Waals surface area contributed by atoms with Crippen LogP contribution in [0.4, 0.5) is 0 Å². The van der Waals surface area contributed by atoms with Crippen molar-refractivity contribution in [3.63, 3.8) is 0 Å². The van der Waals surface area contributed by atoms with Crippen molar-refractivity contribution in [1.82, 2.24) is 0 Å². The Balaban J connectivity index is 1.29. The Morgan fingerprint density at radius 2 is 1.74 bits per heavy atom. The van der Waals surface area contributed by atoms with Gasteiger partial charge < -0.3 is 43.8 Å². The standard InChI is InChI=1S/C32H44O11/c1-17-25(36)26(37)27(38)28(41-17)42-20-6-11-30(16-33)22-7-10-29(3)21(19-4-5-24(35)40-15-19)9-13-32(29,39)23(22)8-12-31(30,14-20)43-18(2)34/h4-5,15-17,20-23,25-28,36-39H,6-14H2,1-3H3/t17-,20-,21+,22-,23+,25-,26+,27+,28-,29+,30-,31-,32-/m0/s1. The lowest BCUT2D eigenvalue weighted by Gasteiger charge is -2.65.